The van der Waals surface area contributed by atoms with Crippen molar-refractivity contribution in [3.05, 3.63) is 53.7 Å². The SMILES string of the molecule is C[C@H]1C(=O)NCCN1C(=O)c1ccc(-c2cc(C(F)(F)F)ccn2)cc1. The maximum atomic E-state index is 12.8. The quantitative estimate of drug-likeness (QED) is 0.893. The Hall–Kier alpha value is -2.90. The molecule has 1 aliphatic heterocycles. The number of hydrogen-bond donors (Lipinski definition) is 1. The van der Waals surface area contributed by atoms with Crippen molar-refractivity contribution in [2.75, 3.05) is 13.1 Å². The Morgan fingerprint density at radius 2 is 1.92 bits per heavy atom. The Morgan fingerprint density at radius 1 is 1.23 bits per heavy atom. The van der Waals surface area contributed by atoms with Crippen molar-refractivity contribution in [3.8, 4) is 11.3 Å². The van der Waals surface area contributed by atoms with Crippen molar-refractivity contribution in [2.24, 2.45) is 0 Å². The van der Waals surface area contributed by atoms with Crippen molar-refractivity contribution >= 4 is 11.8 Å². The van der Waals surface area contributed by atoms with Crippen molar-refractivity contribution in [1.82, 2.24) is 15.2 Å². The van der Waals surface area contributed by atoms with E-state index >= 15 is 0 Å². The molecule has 136 valence electrons. The van der Waals surface area contributed by atoms with Gasteiger partial charge in [-0.2, -0.15) is 13.2 Å². The molecule has 0 unspecified atom stereocenters. The Balaban J connectivity index is 1.83. The summed E-state index contributed by atoms with van der Waals surface area (Å²) in [7, 11) is 0. The molecule has 1 aromatic heterocycles. The predicted octanol–water partition coefficient (Wildman–Crippen LogP) is 2.73. The minimum Gasteiger partial charge on any atom is -0.353 e. The Bertz CT molecular complexity index is 834. The summed E-state index contributed by atoms with van der Waals surface area (Å²) in [5.74, 6) is -0.509. The van der Waals surface area contributed by atoms with Gasteiger partial charge >= 0.3 is 6.18 Å². The van der Waals surface area contributed by atoms with E-state index in [4.69, 9.17) is 0 Å². The second kappa shape index (κ2) is 6.78. The number of carbonyl (C=O) groups is 2. The van der Waals surface area contributed by atoms with Gasteiger partial charge in [-0.1, -0.05) is 12.1 Å². The highest BCUT2D eigenvalue weighted by atomic mass is 19.4. The third-order valence-corrected chi connectivity index (χ3v) is 4.27. The van der Waals surface area contributed by atoms with Gasteiger partial charge in [0.1, 0.15) is 6.04 Å². The largest absolute Gasteiger partial charge is 0.416 e. The molecular formula is C18H16F3N3O2. The van der Waals surface area contributed by atoms with Gasteiger partial charge in [0.25, 0.3) is 5.91 Å². The number of nitrogens with one attached hydrogen (secondary N) is 1. The van der Waals surface area contributed by atoms with Crippen molar-refractivity contribution < 1.29 is 22.8 Å². The van der Waals surface area contributed by atoms with Gasteiger partial charge in [-0.25, -0.2) is 0 Å². The summed E-state index contributed by atoms with van der Waals surface area (Å²) in [4.78, 5) is 29.7. The molecule has 2 heterocycles. The summed E-state index contributed by atoms with van der Waals surface area (Å²) in [5, 5.41) is 2.68. The first-order valence-corrected chi connectivity index (χ1v) is 8.00. The van der Waals surface area contributed by atoms with E-state index in [2.05, 4.69) is 10.3 Å². The second-order valence-corrected chi connectivity index (χ2v) is 5.97. The number of amides is 2. The smallest absolute Gasteiger partial charge is 0.353 e. The fourth-order valence-electron chi connectivity index (χ4n) is 2.77. The lowest BCUT2D eigenvalue weighted by Crippen LogP contribution is -2.55. The first kappa shape index (κ1) is 17.9. The number of hydrogen-bond acceptors (Lipinski definition) is 3. The van der Waals surface area contributed by atoms with E-state index in [1.807, 2.05) is 0 Å². The highest BCUT2D eigenvalue weighted by molar-refractivity contribution is 5.98. The van der Waals surface area contributed by atoms with Crippen LogP contribution < -0.4 is 5.32 Å². The number of halogens is 3. The molecule has 8 heteroatoms. The van der Waals surface area contributed by atoms with Crippen molar-refractivity contribution in [2.45, 2.75) is 19.1 Å². The van der Waals surface area contributed by atoms with Gasteiger partial charge in [-0.15, -0.1) is 0 Å². The van der Waals surface area contributed by atoms with Gasteiger partial charge in [-0.3, -0.25) is 14.6 Å². The number of carbonyl (C=O) groups excluding carboxylic acids is 2. The van der Waals surface area contributed by atoms with Crippen molar-refractivity contribution in [1.29, 1.82) is 0 Å². The number of piperazine rings is 1. The molecule has 0 bridgehead atoms. The van der Waals surface area contributed by atoms with Crippen molar-refractivity contribution in [3.63, 3.8) is 0 Å². The number of nitrogens with zero attached hydrogens (tertiary/aromatic N) is 2. The summed E-state index contributed by atoms with van der Waals surface area (Å²) in [6.45, 7) is 2.44. The van der Waals surface area contributed by atoms with Gasteiger partial charge < -0.3 is 10.2 Å². The molecule has 2 amide bonds. The van der Waals surface area contributed by atoms with Crippen LogP contribution in [0.5, 0.6) is 0 Å². The molecule has 26 heavy (non-hydrogen) atoms. The van der Waals surface area contributed by atoms with Crippen LogP contribution in [0.25, 0.3) is 11.3 Å². The lowest BCUT2D eigenvalue weighted by molar-refractivity contribution is -0.137. The van der Waals surface area contributed by atoms with Crippen LogP contribution >= 0.6 is 0 Å². The molecule has 1 fully saturated rings. The fourth-order valence-corrected chi connectivity index (χ4v) is 2.77. The Morgan fingerprint density at radius 3 is 2.58 bits per heavy atom. The molecule has 0 saturated carbocycles. The third-order valence-electron chi connectivity index (χ3n) is 4.27. The number of pyridine rings is 1. The standard InChI is InChI=1S/C18H16F3N3O2/c1-11-16(25)23-8-9-24(11)17(26)13-4-2-12(3-5-13)15-10-14(6-7-22-15)18(19,20)21/h2-7,10-11H,8-9H2,1H3,(H,23,25)/t11-/m0/s1. The highest BCUT2D eigenvalue weighted by Gasteiger charge is 2.31. The molecule has 0 radical (unpaired) electrons. The molecule has 1 saturated heterocycles. The predicted molar refractivity (Wildman–Crippen MR) is 88.2 cm³/mol. The number of benzene rings is 1. The summed E-state index contributed by atoms with van der Waals surface area (Å²) in [5.41, 5.74) is 0.222. The van der Waals surface area contributed by atoms with Crippen LogP contribution in [0.4, 0.5) is 13.2 Å². The lowest BCUT2D eigenvalue weighted by atomic mass is 10.1. The van der Waals surface area contributed by atoms with E-state index in [0.29, 0.717) is 24.2 Å². The molecule has 1 aromatic carbocycles. The zero-order valence-electron chi connectivity index (χ0n) is 13.9. The minimum atomic E-state index is -4.45. The van der Waals surface area contributed by atoms with E-state index in [1.165, 1.54) is 17.0 Å². The molecule has 3 rings (SSSR count). The van der Waals surface area contributed by atoms with Gasteiger partial charge in [0.15, 0.2) is 0 Å². The van der Waals surface area contributed by atoms with Crippen LogP contribution in [0.15, 0.2) is 42.6 Å². The maximum Gasteiger partial charge on any atom is 0.416 e. The summed E-state index contributed by atoms with van der Waals surface area (Å²) in [6, 6.07) is 7.45. The first-order valence-electron chi connectivity index (χ1n) is 8.00. The maximum absolute atomic E-state index is 12.8. The zero-order chi connectivity index (χ0) is 18.9. The minimum absolute atomic E-state index is 0.171. The summed E-state index contributed by atoms with van der Waals surface area (Å²) >= 11 is 0. The number of alkyl halides is 3. The fraction of sp³-hybridized carbons (Fsp3) is 0.278. The van der Waals surface area contributed by atoms with Gasteiger partial charge in [-0.05, 0) is 31.2 Å². The molecule has 5 nitrogen and oxygen atoms in total. The van der Waals surface area contributed by atoms with E-state index in [1.54, 1.807) is 19.1 Å². The van der Waals surface area contributed by atoms with Crippen LogP contribution in [-0.4, -0.2) is 40.8 Å². The molecule has 1 N–H and O–H groups in total. The van der Waals surface area contributed by atoms with Crippen LogP contribution in [0.2, 0.25) is 0 Å². The average Bonchev–Trinajstić information content (AvgIpc) is 2.63. The first-order chi connectivity index (χ1) is 12.3. The normalized spacial score (nSPS) is 17.8. The van der Waals surface area contributed by atoms with Gasteiger partial charge in [0.05, 0.1) is 11.3 Å². The second-order valence-electron chi connectivity index (χ2n) is 5.97. The zero-order valence-corrected chi connectivity index (χ0v) is 13.9. The monoisotopic (exact) mass is 363 g/mol. The van der Waals surface area contributed by atoms with E-state index in [9.17, 15) is 22.8 Å². The lowest BCUT2D eigenvalue weighted by Gasteiger charge is -2.32. The van der Waals surface area contributed by atoms with Crippen LogP contribution in [0.1, 0.15) is 22.8 Å². The molecule has 2 aromatic rings. The topological polar surface area (TPSA) is 62.3 Å². The Kier molecular flexibility index (Phi) is 4.67. The molecular weight excluding hydrogens is 347 g/mol. The van der Waals surface area contributed by atoms with E-state index in [0.717, 1.165) is 18.3 Å². The molecule has 1 atom stereocenters. The molecule has 0 spiro atoms. The van der Waals surface area contributed by atoms with Crippen LogP contribution in [-0.2, 0) is 11.0 Å². The van der Waals surface area contributed by atoms with Crippen LogP contribution in [0, 0.1) is 0 Å². The molecule has 0 aliphatic carbocycles. The summed E-state index contributed by atoms with van der Waals surface area (Å²) in [6.07, 6.45) is -3.34. The number of rotatable bonds is 2. The highest BCUT2D eigenvalue weighted by Crippen LogP contribution is 2.31. The summed E-state index contributed by atoms with van der Waals surface area (Å²) < 4.78 is 38.5. The van der Waals surface area contributed by atoms with Gasteiger partial charge in [0.2, 0.25) is 5.91 Å². The third kappa shape index (κ3) is 3.54. The van der Waals surface area contributed by atoms with E-state index in [-0.39, 0.29) is 17.5 Å². The average molecular weight is 363 g/mol. The van der Waals surface area contributed by atoms with E-state index < -0.39 is 17.8 Å². The van der Waals surface area contributed by atoms with Crippen LogP contribution in [0.3, 0.4) is 0 Å². The number of aromatic nitrogens is 1. The Labute approximate surface area is 147 Å². The molecule has 1 aliphatic rings. The van der Waals surface area contributed by atoms with Gasteiger partial charge in [0, 0.05) is 30.4 Å².